The zero-order chi connectivity index (χ0) is 14.5. The molecule has 0 aliphatic heterocycles. The Morgan fingerprint density at radius 2 is 2.20 bits per heavy atom. The van der Waals surface area contributed by atoms with Gasteiger partial charge in [-0.15, -0.1) is 0 Å². The molecule has 0 radical (unpaired) electrons. The molecule has 2 rings (SSSR count). The lowest BCUT2D eigenvalue weighted by atomic mass is 10.1. The number of ether oxygens (including phenoxy) is 1. The van der Waals surface area contributed by atoms with Crippen molar-refractivity contribution in [3.8, 4) is 0 Å². The number of benzene rings is 1. The molecule has 1 aromatic heterocycles. The third-order valence-corrected chi connectivity index (χ3v) is 3.20. The Labute approximate surface area is 126 Å². The number of halogens is 1. The van der Waals surface area contributed by atoms with Gasteiger partial charge in [0.05, 0.1) is 18.2 Å². The second-order valence-corrected chi connectivity index (χ2v) is 5.09. The van der Waals surface area contributed by atoms with Gasteiger partial charge in [0, 0.05) is 5.69 Å². The second kappa shape index (κ2) is 6.61. The van der Waals surface area contributed by atoms with E-state index in [1.165, 1.54) is 0 Å². The van der Waals surface area contributed by atoms with Gasteiger partial charge >= 0.3 is 5.97 Å². The molecule has 0 amide bonds. The molecule has 0 aliphatic carbocycles. The van der Waals surface area contributed by atoms with Crippen LogP contribution in [0.25, 0.3) is 0 Å². The molecule has 0 spiro atoms. The summed E-state index contributed by atoms with van der Waals surface area (Å²) >= 11 is 3.28. The molecule has 1 unspecified atom stereocenters. The zero-order valence-electron chi connectivity index (χ0n) is 11.4. The molecule has 0 bridgehead atoms. The van der Waals surface area contributed by atoms with Gasteiger partial charge in [-0.1, -0.05) is 6.07 Å². The van der Waals surface area contributed by atoms with Gasteiger partial charge in [-0.05, 0) is 60.1 Å². The third-order valence-electron chi connectivity index (χ3n) is 2.78. The molecular weight excluding hydrogens is 322 g/mol. The standard InChI is InChI=1S/C15H16BrNO3/c1-3-19-15(18)11-5-4-6-12(9-11)17-10(2)13-7-8-14(16)20-13/h4-10,17H,3H2,1-2H3. The number of hydrogen-bond acceptors (Lipinski definition) is 4. The molecule has 0 saturated carbocycles. The van der Waals surface area contributed by atoms with Gasteiger partial charge in [0.15, 0.2) is 4.67 Å². The van der Waals surface area contributed by atoms with Crippen LogP contribution in [0.3, 0.4) is 0 Å². The van der Waals surface area contributed by atoms with Crippen molar-refractivity contribution in [1.82, 2.24) is 0 Å². The molecule has 5 heteroatoms. The summed E-state index contributed by atoms with van der Waals surface area (Å²) in [6.07, 6.45) is 0. The van der Waals surface area contributed by atoms with Crippen LogP contribution >= 0.6 is 15.9 Å². The first kappa shape index (κ1) is 14.7. The highest BCUT2D eigenvalue weighted by Crippen LogP contribution is 2.24. The third kappa shape index (κ3) is 3.63. The summed E-state index contributed by atoms with van der Waals surface area (Å²) in [6, 6.07) is 11.0. The Morgan fingerprint density at radius 3 is 2.85 bits per heavy atom. The SMILES string of the molecule is CCOC(=O)c1cccc(NC(C)c2ccc(Br)o2)c1. The molecule has 0 aliphatic rings. The number of nitrogens with one attached hydrogen (secondary N) is 1. The molecule has 0 fully saturated rings. The van der Waals surface area contributed by atoms with Crippen LogP contribution in [0.1, 0.15) is 36.0 Å². The number of furan rings is 1. The molecule has 2 aromatic rings. The summed E-state index contributed by atoms with van der Waals surface area (Å²) < 4.78 is 11.2. The first-order valence-electron chi connectivity index (χ1n) is 6.39. The average Bonchev–Trinajstić information content (AvgIpc) is 2.86. The monoisotopic (exact) mass is 337 g/mol. The van der Waals surface area contributed by atoms with E-state index in [2.05, 4.69) is 21.2 Å². The van der Waals surface area contributed by atoms with Crippen molar-refractivity contribution < 1.29 is 13.9 Å². The van der Waals surface area contributed by atoms with Crippen molar-refractivity contribution in [3.63, 3.8) is 0 Å². The van der Waals surface area contributed by atoms with Gasteiger partial charge < -0.3 is 14.5 Å². The fourth-order valence-electron chi connectivity index (χ4n) is 1.83. The van der Waals surface area contributed by atoms with Gasteiger partial charge in [0.25, 0.3) is 0 Å². The van der Waals surface area contributed by atoms with Crippen molar-refractivity contribution in [2.75, 3.05) is 11.9 Å². The van der Waals surface area contributed by atoms with E-state index < -0.39 is 0 Å². The molecule has 1 aromatic carbocycles. The van der Waals surface area contributed by atoms with E-state index in [0.29, 0.717) is 16.8 Å². The van der Waals surface area contributed by atoms with Gasteiger partial charge in [-0.3, -0.25) is 0 Å². The maximum atomic E-state index is 11.7. The first-order valence-corrected chi connectivity index (χ1v) is 7.18. The van der Waals surface area contributed by atoms with E-state index in [4.69, 9.17) is 9.15 Å². The van der Waals surface area contributed by atoms with E-state index in [-0.39, 0.29) is 12.0 Å². The topological polar surface area (TPSA) is 51.5 Å². The Kier molecular flexibility index (Phi) is 4.84. The van der Waals surface area contributed by atoms with E-state index >= 15 is 0 Å². The van der Waals surface area contributed by atoms with Crippen molar-refractivity contribution in [2.24, 2.45) is 0 Å². The minimum absolute atomic E-state index is 0.00116. The van der Waals surface area contributed by atoms with Crippen LogP contribution in [0.2, 0.25) is 0 Å². The molecule has 20 heavy (non-hydrogen) atoms. The number of hydrogen-bond donors (Lipinski definition) is 1. The van der Waals surface area contributed by atoms with Crippen molar-refractivity contribution >= 4 is 27.6 Å². The lowest BCUT2D eigenvalue weighted by molar-refractivity contribution is 0.0526. The van der Waals surface area contributed by atoms with Crippen LogP contribution in [0.4, 0.5) is 5.69 Å². The van der Waals surface area contributed by atoms with Crippen molar-refractivity contribution in [1.29, 1.82) is 0 Å². The van der Waals surface area contributed by atoms with E-state index in [0.717, 1.165) is 11.4 Å². The van der Waals surface area contributed by atoms with E-state index in [1.807, 2.05) is 31.2 Å². The number of carbonyl (C=O) groups is 1. The number of carbonyl (C=O) groups excluding carboxylic acids is 1. The molecule has 0 saturated heterocycles. The zero-order valence-corrected chi connectivity index (χ0v) is 12.9. The average molecular weight is 338 g/mol. The molecule has 1 heterocycles. The maximum absolute atomic E-state index is 11.7. The highest BCUT2D eigenvalue weighted by atomic mass is 79.9. The highest BCUT2D eigenvalue weighted by Gasteiger charge is 2.11. The van der Waals surface area contributed by atoms with Crippen LogP contribution in [0.5, 0.6) is 0 Å². The minimum atomic E-state index is -0.315. The van der Waals surface area contributed by atoms with E-state index in [9.17, 15) is 4.79 Å². The first-order chi connectivity index (χ1) is 9.60. The predicted octanol–water partition coefficient (Wildman–Crippen LogP) is 4.39. The summed E-state index contributed by atoms with van der Waals surface area (Å²) in [7, 11) is 0. The van der Waals surface area contributed by atoms with Crippen LogP contribution in [-0.4, -0.2) is 12.6 Å². The summed E-state index contributed by atoms with van der Waals surface area (Å²) in [4.78, 5) is 11.7. The fraction of sp³-hybridized carbons (Fsp3) is 0.267. The molecule has 106 valence electrons. The van der Waals surface area contributed by atoms with E-state index in [1.54, 1.807) is 19.1 Å². The fourth-order valence-corrected chi connectivity index (χ4v) is 2.15. The number of anilines is 1. The van der Waals surface area contributed by atoms with Crippen molar-refractivity contribution in [3.05, 3.63) is 52.4 Å². The van der Waals surface area contributed by atoms with Gasteiger partial charge in [0.2, 0.25) is 0 Å². The Balaban J connectivity index is 2.09. The normalized spacial score (nSPS) is 11.9. The van der Waals surface area contributed by atoms with Crippen LogP contribution < -0.4 is 5.32 Å². The molecule has 1 atom stereocenters. The van der Waals surface area contributed by atoms with Gasteiger partial charge in [-0.25, -0.2) is 4.79 Å². The number of esters is 1. The summed E-state index contributed by atoms with van der Waals surface area (Å²) in [5.74, 6) is 0.503. The molecule has 1 N–H and O–H groups in total. The lowest BCUT2D eigenvalue weighted by Gasteiger charge is -2.13. The predicted molar refractivity (Wildman–Crippen MR) is 80.8 cm³/mol. The molecule has 4 nitrogen and oxygen atoms in total. The Morgan fingerprint density at radius 1 is 1.40 bits per heavy atom. The van der Waals surface area contributed by atoms with Crippen molar-refractivity contribution in [2.45, 2.75) is 19.9 Å². The van der Waals surface area contributed by atoms with Crippen LogP contribution in [0.15, 0.2) is 45.5 Å². The number of rotatable bonds is 5. The quantitative estimate of drug-likeness (QED) is 0.822. The van der Waals surface area contributed by atoms with Gasteiger partial charge in [0.1, 0.15) is 5.76 Å². The van der Waals surface area contributed by atoms with Crippen LogP contribution in [0, 0.1) is 0 Å². The summed E-state index contributed by atoms with van der Waals surface area (Å²) in [5.41, 5.74) is 1.38. The maximum Gasteiger partial charge on any atom is 0.338 e. The minimum Gasteiger partial charge on any atom is -0.462 e. The van der Waals surface area contributed by atoms with Crippen LogP contribution in [-0.2, 0) is 4.74 Å². The Bertz CT molecular complexity index is 594. The largest absolute Gasteiger partial charge is 0.462 e. The lowest BCUT2D eigenvalue weighted by Crippen LogP contribution is -2.08. The summed E-state index contributed by atoms with van der Waals surface area (Å²) in [5, 5.41) is 3.29. The smallest absolute Gasteiger partial charge is 0.338 e. The summed E-state index contributed by atoms with van der Waals surface area (Å²) in [6.45, 7) is 4.15. The van der Waals surface area contributed by atoms with Gasteiger partial charge in [-0.2, -0.15) is 0 Å². The Hall–Kier alpha value is -1.75. The highest BCUT2D eigenvalue weighted by molar-refractivity contribution is 9.10. The second-order valence-electron chi connectivity index (χ2n) is 4.31. The molecular formula is C15H16BrNO3.